The highest BCUT2D eigenvalue weighted by atomic mass is 35.5. The lowest BCUT2D eigenvalue weighted by molar-refractivity contribution is 0.275. The maximum Gasteiger partial charge on any atom is 0.276 e. The van der Waals surface area contributed by atoms with E-state index in [1.807, 2.05) is 12.1 Å². The number of hydrogen-bond donors (Lipinski definition) is 2. The Morgan fingerprint density at radius 1 is 1.25 bits per heavy atom. The van der Waals surface area contributed by atoms with Gasteiger partial charge in [0, 0.05) is 29.3 Å². The fourth-order valence-corrected chi connectivity index (χ4v) is 2.28. The van der Waals surface area contributed by atoms with Crippen molar-refractivity contribution in [1.82, 2.24) is 14.6 Å². The Hall–Kier alpha value is -2.11. The van der Waals surface area contributed by atoms with Crippen molar-refractivity contribution in [2.75, 3.05) is 0 Å². The Morgan fingerprint density at radius 2 is 2.00 bits per heavy atom. The van der Waals surface area contributed by atoms with Gasteiger partial charge in [-0.15, -0.1) is 0 Å². The number of hydrogen-bond acceptors (Lipinski definition) is 3. The third-order valence-corrected chi connectivity index (χ3v) is 3.42. The molecule has 5 nitrogen and oxygen atoms in total. The summed E-state index contributed by atoms with van der Waals surface area (Å²) in [5, 5.41) is 12.9. The minimum absolute atomic E-state index is 0.195. The van der Waals surface area contributed by atoms with Gasteiger partial charge in [0.15, 0.2) is 5.65 Å². The highest BCUT2D eigenvalue weighted by molar-refractivity contribution is 6.30. The third-order valence-electron chi connectivity index (χ3n) is 3.17. The Kier molecular flexibility index (Phi) is 3.30. The van der Waals surface area contributed by atoms with Crippen LogP contribution >= 0.6 is 11.6 Å². The number of aliphatic hydroxyl groups excluding tert-OH is 1. The van der Waals surface area contributed by atoms with Gasteiger partial charge in [-0.1, -0.05) is 23.7 Å². The number of halogens is 1. The minimum atomic E-state index is -0.264. The van der Waals surface area contributed by atoms with E-state index in [-0.39, 0.29) is 12.2 Å². The normalized spacial score (nSPS) is 11.1. The molecule has 2 aromatic heterocycles. The standard InChI is InChI=1S/C14H12ClN3O2/c15-10-3-1-9(2-4-10)7-11-12(8-19)17-13-5-6-16-18(13)14(11)20/h1-6,16,19H,7-8H2. The van der Waals surface area contributed by atoms with E-state index >= 15 is 0 Å². The van der Waals surface area contributed by atoms with Crippen LogP contribution in [0.4, 0.5) is 0 Å². The van der Waals surface area contributed by atoms with Crippen LogP contribution in [0.1, 0.15) is 16.8 Å². The fraction of sp³-hybridized carbons (Fsp3) is 0.143. The summed E-state index contributed by atoms with van der Waals surface area (Å²) < 4.78 is 1.37. The summed E-state index contributed by atoms with van der Waals surface area (Å²) in [5.74, 6) is 0. The van der Waals surface area contributed by atoms with Crippen molar-refractivity contribution >= 4 is 17.2 Å². The summed E-state index contributed by atoms with van der Waals surface area (Å²) in [7, 11) is 0. The molecule has 3 rings (SSSR count). The van der Waals surface area contributed by atoms with Gasteiger partial charge in [-0.05, 0) is 17.7 Å². The zero-order valence-electron chi connectivity index (χ0n) is 10.5. The van der Waals surface area contributed by atoms with Gasteiger partial charge in [0.05, 0.1) is 12.3 Å². The van der Waals surface area contributed by atoms with Crippen LogP contribution in [-0.4, -0.2) is 19.7 Å². The average molecular weight is 290 g/mol. The minimum Gasteiger partial charge on any atom is -0.390 e. The van der Waals surface area contributed by atoms with Gasteiger partial charge in [0.25, 0.3) is 5.56 Å². The zero-order valence-corrected chi connectivity index (χ0v) is 11.3. The van der Waals surface area contributed by atoms with E-state index < -0.39 is 0 Å². The molecule has 2 N–H and O–H groups in total. The van der Waals surface area contributed by atoms with Crippen molar-refractivity contribution in [3.05, 3.63) is 68.7 Å². The molecule has 0 aliphatic heterocycles. The van der Waals surface area contributed by atoms with E-state index in [1.54, 1.807) is 24.4 Å². The van der Waals surface area contributed by atoms with E-state index in [9.17, 15) is 9.90 Å². The molecule has 2 heterocycles. The molecule has 0 amide bonds. The molecule has 0 radical (unpaired) electrons. The van der Waals surface area contributed by atoms with E-state index in [1.165, 1.54) is 4.52 Å². The highest BCUT2D eigenvalue weighted by Gasteiger charge is 2.13. The van der Waals surface area contributed by atoms with Crippen molar-refractivity contribution in [3.8, 4) is 0 Å². The topological polar surface area (TPSA) is 70.4 Å². The van der Waals surface area contributed by atoms with E-state index in [2.05, 4.69) is 10.1 Å². The largest absolute Gasteiger partial charge is 0.390 e. The number of aromatic nitrogens is 3. The van der Waals surface area contributed by atoms with Gasteiger partial charge in [0.1, 0.15) is 0 Å². The van der Waals surface area contributed by atoms with E-state index in [0.717, 1.165) is 5.56 Å². The van der Waals surface area contributed by atoms with E-state index in [0.29, 0.717) is 28.3 Å². The molecule has 0 fully saturated rings. The first kappa shape index (κ1) is 12.9. The van der Waals surface area contributed by atoms with Crippen molar-refractivity contribution < 1.29 is 5.11 Å². The van der Waals surface area contributed by atoms with Gasteiger partial charge in [-0.25, -0.2) is 9.50 Å². The molecule has 20 heavy (non-hydrogen) atoms. The van der Waals surface area contributed by atoms with Crippen LogP contribution in [0.15, 0.2) is 41.3 Å². The number of nitrogens with one attached hydrogen (secondary N) is 1. The number of rotatable bonds is 3. The highest BCUT2D eigenvalue weighted by Crippen LogP contribution is 2.14. The van der Waals surface area contributed by atoms with Gasteiger partial charge < -0.3 is 5.11 Å². The molecule has 0 spiro atoms. The number of benzene rings is 1. The Morgan fingerprint density at radius 3 is 2.70 bits per heavy atom. The van der Waals surface area contributed by atoms with Gasteiger partial charge in [-0.2, -0.15) is 0 Å². The molecule has 0 saturated carbocycles. The van der Waals surface area contributed by atoms with Gasteiger partial charge in [-0.3, -0.25) is 9.89 Å². The Bertz CT molecular complexity index is 805. The lowest BCUT2D eigenvalue weighted by atomic mass is 10.0. The van der Waals surface area contributed by atoms with Crippen molar-refractivity contribution in [1.29, 1.82) is 0 Å². The van der Waals surface area contributed by atoms with Crippen LogP contribution in [0.25, 0.3) is 5.65 Å². The molecule has 0 aliphatic carbocycles. The predicted octanol–water partition coefficient (Wildman–Crippen LogP) is 1.76. The van der Waals surface area contributed by atoms with Crippen LogP contribution in [0, 0.1) is 0 Å². The molecule has 102 valence electrons. The molecule has 0 atom stereocenters. The summed E-state index contributed by atoms with van der Waals surface area (Å²) in [5.41, 5.74) is 2.13. The van der Waals surface area contributed by atoms with Crippen LogP contribution < -0.4 is 5.56 Å². The maximum absolute atomic E-state index is 12.4. The summed E-state index contributed by atoms with van der Waals surface area (Å²) in [6.07, 6.45) is 2.04. The molecule has 0 unspecified atom stereocenters. The Labute approximate surface area is 119 Å². The number of nitrogens with zero attached hydrogens (tertiary/aromatic N) is 2. The second kappa shape index (κ2) is 5.11. The lowest BCUT2D eigenvalue weighted by Gasteiger charge is -2.07. The molecule has 1 aromatic carbocycles. The average Bonchev–Trinajstić information content (AvgIpc) is 2.92. The van der Waals surface area contributed by atoms with Crippen LogP contribution in [0.2, 0.25) is 5.02 Å². The molecule has 3 aromatic rings. The van der Waals surface area contributed by atoms with Crippen molar-refractivity contribution in [3.63, 3.8) is 0 Å². The summed E-state index contributed by atoms with van der Waals surface area (Å²) in [6, 6.07) is 8.94. The zero-order chi connectivity index (χ0) is 14.1. The number of fused-ring (bicyclic) bond motifs is 1. The van der Waals surface area contributed by atoms with Gasteiger partial charge in [0.2, 0.25) is 0 Å². The first-order chi connectivity index (χ1) is 9.69. The van der Waals surface area contributed by atoms with Gasteiger partial charge >= 0.3 is 0 Å². The Balaban J connectivity index is 2.11. The molecule has 0 aliphatic rings. The van der Waals surface area contributed by atoms with Crippen LogP contribution in [-0.2, 0) is 13.0 Å². The monoisotopic (exact) mass is 289 g/mol. The molecule has 0 saturated heterocycles. The lowest BCUT2D eigenvalue weighted by Crippen LogP contribution is -2.23. The molecular formula is C14H12ClN3O2. The molecule has 0 bridgehead atoms. The smallest absolute Gasteiger partial charge is 0.276 e. The first-order valence-corrected chi connectivity index (χ1v) is 6.50. The SMILES string of the molecule is O=c1c(Cc2ccc(Cl)cc2)c(CO)nc2cc[nH]n12. The van der Waals surface area contributed by atoms with Crippen molar-refractivity contribution in [2.24, 2.45) is 0 Å². The fourth-order valence-electron chi connectivity index (χ4n) is 2.16. The molecular weight excluding hydrogens is 278 g/mol. The second-order valence-electron chi connectivity index (χ2n) is 4.46. The third kappa shape index (κ3) is 2.21. The van der Waals surface area contributed by atoms with E-state index in [4.69, 9.17) is 11.6 Å². The maximum atomic E-state index is 12.4. The number of aliphatic hydroxyl groups is 1. The summed E-state index contributed by atoms with van der Waals surface area (Å²) in [4.78, 5) is 16.7. The number of H-pyrrole nitrogens is 1. The molecule has 6 heteroatoms. The summed E-state index contributed by atoms with van der Waals surface area (Å²) >= 11 is 5.84. The predicted molar refractivity (Wildman–Crippen MR) is 76.0 cm³/mol. The second-order valence-corrected chi connectivity index (χ2v) is 4.90. The van der Waals surface area contributed by atoms with Crippen molar-refractivity contribution in [2.45, 2.75) is 13.0 Å². The quantitative estimate of drug-likeness (QED) is 0.772. The number of aromatic amines is 1. The summed E-state index contributed by atoms with van der Waals surface area (Å²) in [6.45, 7) is -0.264. The first-order valence-electron chi connectivity index (χ1n) is 6.12. The van der Waals surface area contributed by atoms with Crippen LogP contribution in [0.3, 0.4) is 0 Å². The van der Waals surface area contributed by atoms with Crippen LogP contribution in [0.5, 0.6) is 0 Å².